The molecular weight excluding hydrogens is 390 g/mol. The van der Waals surface area contributed by atoms with Gasteiger partial charge in [-0.3, -0.25) is 14.5 Å². The van der Waals surface area contributed by atoms with Crippen molar-refractivity contribution in [1.29, 1.82) is 0 Å². The molecule has 0 saturated carbocycles. The van der Waals surface area contributed by atoms with Gasteiger partial charge in [0, 0.05) is 45.5 Å². The summed E-state index contributed by atoms with van der Waals surface area (Å²) in [4.78, 5) is 30.9. The minimum atomic E-state index is -0.170. The van der Waals surface area contributed by atoms with Crippen molar-refractivity contribution in [3.63, 3.8) is 0 Å². The van der Waals surface area contributed by atoms with Crippen molar-refractivity contribution in [3.8, 4) is 0 Å². The number of hydrogen-bond donors (Lipinski definition) is 0. The third-order valence-corrected chi connectivity index (χ3v) is 6.50. The van der Waals surface area contributed by atoms with Crippen molar-refractivity contribution in [3.05, 3.63) is 69.6 Å². The Morgan fingerprint density at radius 3 is 2.65 bits per heavy atom. The van der Waals surface area contributed by atoms with Crippen molar-refractivity contribution < 1.29 is 9.53 Å². The maximum atomic E-state index is 13.4. The number of likely N-dealkylation sites (tertiary alicyclic amines) is 1. The van der Waals surface area contributed by atoms with Gasteiger partial charge in [-0.2, -0.15) is 0 Å². The topological polar surface area (TPSA) is 54.8 Å². The van der Waals surface area contributed by atoms with Crippen LogP contribution in [0.4, 0.5) is 0 Å². The predicted octanol–water partition coefficient (Wildman–Crippen LogP) is 2.58. The lowest BCUT2D eigenvalue weighted by Crippen LogP contribution is -2.47. The van der Waals surface area contributed by atoms with Crippen LogP contribution in [0, 0.1) is 12.8 Å². The van der Waals surface area contributed by atoms with Gasteiger partial charge in [0.25, 0.3) is 11.5 Å². The predicted molar refractivity (Wildman–Crippen MR) is 121 cm³/mol. The van der Waals surface area contributed by atoms with E-state index in [9.17, 15) is 9.59 Å². The molecule has 2 fully saturated rings. The third kappa shape index (κ3) is 5.43. The highest BCUT2D eigenvalue weighted by atomic mass is 16.5. The average molecular weight is 424 g/mol. The molecule has 0 radical (unpaired) electrons. The number of nitrogens with zero attached hydrogens (tertiary/aromatic N) is 3. The fourth-order valence-electron chi connectivity index (χ4n) is 4.70. The minimum Gasteiger partial charge on any atom is -0.379 e. The molecule has 1 aromatic heterocycles. The Labute approximate surface area is 184 Å². The maximum Gasteiger partial charge on any atom is 0.263 e. The van der Waals surface area contributed by atoms with Crippen LogP contribution in [0.5, 0.6) is 0 Å². The summed E-state index contributed by atoms with van der Waals surface area (Å²) >= 11 is 0. The van der Waals surface area contributed by atoms with Crippen molar-refractivity contribution in [2.75, 3.05) is 45.9 Å². The van der Waals surface area contributed by atoms with E-state index in [1.807, 2.05) is 42.3 Å². The Morgan fingerprint density at radius 1 is 1.10 bits per heavy atom. The molecule has 2 saturated heterocycles. The van der Waals surface area contributed by atoms with Gasteiger partial charge in [0.15, 0.2) is 0 Å². The quantitative estimate of drug-likeness (QED) is 0.717. The van der Waals surface area contributed by atoms with E-state index in [4.69, 9.17) is 4.74 Å². The van der Waals surface area contributed by atoms with Gasteiger partial charge < -0.3 is 14.2 Å². The van der Waals surface area contributed by atoms with Crippen LogP contribution in [-0.2, 0) is 17.7 Å². The number of carbonyl (C=O) groups excluding carboxylic acids is 1. The molecule has 2 aliphatic heterocycles. The summed E-state index contributed by atoms with van der Waals surface area (Å²) in [5.41, 5.74) is 2.12. The van der Waals surface area contributed by atoms with Crippen LogP contribution in [0.25, 0.3) is 0 Å². The SMILES string of the molecule is Cc1ccn(CCc2ccccc2)c(=O)c1C(=O)N1CCCC(CN2CCOCC2)C1. The zero-order valence-electron chi connectivity index (χ0n) is 18.5. The zero-order valence-corrected chi connectivity index (χ0v) is 18.5. The van der Waals surface area contributed by atoms with Crippen LogP contribution in [-0.4, -0.2) is 66.2 Å². The molecule has 1 unspecified atom stereocenters. The number of ether oxygens (including phenoxy) is 1. The Kier molecular flexibility index (Phi) is 7.20. The summed E-state index contributed by atoms with van der Waals surface area (Å²) in [6.45, 7) is 8.42. The van der Waals surface area contributed by atoms with Gasteiger partial charge in [-0.1, -0.05) is 30.3 Å². The van der Waals surface area contributed by atoms with Gasteiger partial charge in [0.2, 0.25) is 0 Å². The molecular formula is C25H33N3O3. The van der Waals surface area contributed by atoms with Crippen LogP contribution in [0.3, 0.4) is 0 Å². The highest BCUT2D eigenvalue weighted by molar-refractivity contribution is 5.95. The second-order valence-electron chi connectivity index (χ2n) is 8.78. The largest absolute Gasteiger partial charge is 0.379 e. The highest BCUT2D eigenvalue weighted by Crippen LogP contribution is 2.20. The standard InChI is InChI=1S/C25H33N3O3/c1-20-9-12-27(13-10-21-6-3-2-4-7-21)24(29)23(20)25(30)28-11-5-8-22(19-28)18-26-14-16-31-17-15-26/h2-4,6-7,9,12,22H,5,8,10-11,13-19H2,1H3. The maximum absolute atomic E-state index is 13.4. The van der Waals surface area contributed by atoms with Gasteiger partial charge in [-0.05, 0) is 49.3 Å². The van der Waals surface area contributed by atoms with E-state index in [1.165, 1.54) is 5.56 Å². The fourth-order valence-corrected chi connectivity index (χ4v) is 4.70. The summed E-state index contributed by atoms with van der Waals surface area (Å²) < 4.78 is 7.13. The Balaban J connectivity index is 1.45. The van der Waals surface area contributed by atoms with Crippen LogP contribution < -0.4 is 5.56 Å². The van der Waals surface area contributed by atoms with E-state index in [0.29, 0.717) is 18.0 Å². The van der Waals surface area contributed by atoms with Crippen molar-refractivity contribution in [2.45, 2.75) is 32.7 Å². The van der Waals surface area contributed by atoms with E-state index in [2.05, 4.69) is 17.0 Å². The molecule has 0 spiro atoms. The molecule has 3 heterocycles. The molecule has 1 atom stereocenters. The number of hydrogen-bond acceptors (Lipinski definition) is 4. The lowest BCUT2D eigenvalue weighted by Gasteiger charge is -2.37. The van der Waals surface area contributed by atoms with Crippen molar-refractivity contribution in [2.24, 2.45) is 5.92 Å². The van der Waals surface area contributed by atoms with Gasteiger partial charge in [0.05, 0.1) is 13.2 Å². The molecule has 0 bridgehead atoms. The average Bonchev–Trinajstić information content (AvgIpc) is 2.80. The summed E-state index contributed by atoms with van der Waals surface area (Å²) in [6, 6.07) is 12.0. The number of rotatable bonds is 6. The van der Waals surface area contributed by atoms with E-state index in [-0.39, 0.29) is 11.5 Å². The zero-order chi connectivity index (χ0) is 21.6. The van der Waals surface area contributed by atoms with Crippen LogP contribution >= 0.6 is 0 Å². The molecule has 166 valence electrons. The van der Waals surface area contributed by atoms with E-state index in [1.54, 1.807) is 4.57 Å². The van der Waals surface area contributed by atoms with E-state index >= 15 is 0 Å². The minimum absolute atomic E-state index is 0.108. The number of aryl methyl sites for hydroxylation is 3. The smallest absolute Gasteiger partial charge is 0.263 e. The van der Waals surface area contributed by atoms with Gasteiger partial charge >= 0.3 is 0 Å². The fraction of sp³-hybridized carbons (Fsp3) is 0.520. The van der Waals surface area contributed by atoms with Crippen LogP contribution in [0.15, 0.2) is 47.4 Å². The van der Waals surface area contributed by atoms with Crippen LogP contribution in [0.1, 0.15) is 34.3 Å². The Morgan fingerprint density at radius 2 is 1.87 bits per heavy atom. The van der Waals surface area contributed by atoms with Crippen LogP contribution in [0.2, 0.25) is 0 Å². The summed E-state index contributed by atoms with van der Waals surface area (Å²) in [6.07, 6.45) is 4.71. The molecule has 0 N–H and O–H groups in total. The highest BCUT2D eigenvalue weighted by Gasteiger charge is 2.28. The Hall–Kier alpha value is -2.44. The lowest BCUT2D eigenvalue weighted by atomic mass is 9.96. The van der Waals surface area contributed by atoms with E-state index in [0.717, 1.165) is 70.8 Å². The number of piperidine rings is 1. The van der Waals surface area contributed by atoms with Crippen molar-refractivity contribution in [1.82, 2.24) is 14.4 Å². The summed E-state index contributed by atoms with van der Waals surface area (Å²) in [7, 11) is 0. The first-order chi connectivity index (χ1) is 15.1. The molecule has 2 aliphatic rings. The third-order valence-electron chi connectivity index (χ3n) is 6.50. The van der Waals surface area contributed by atoms with Gasteiger partial charge in [-0.25, -0.2) is 0 Å². The monoisotopic (exact) mass is 423 g/mol. The number of pyridine rings is 1. The molecule has 31 heavy (non-hydrogen) atoms. The molecule has 6 nitrogen and oxygen atoms in total. The number of morpholine rings is 1. The normalized spacial score (nSPS) is 20.0. The van der Waals surface area contributed by atoms with Crippen molar-refractivity contribution >= 4 is 5.91 Å². The number of aromatic nitrogens is 1. The second-order valence-corrected chi connectivity index (χ2v) is 8.78. The molecule has 0 aliphatic carbocycles. The first kappa shape index (κ1) is 21.8. The second kappa shape index (κ2) is 10.2. The Bertz CT molecular complexity index is 935. The number of benzene rings is 1. The first-order valence-electron chi connectivity index (χ1n) is 11.4. The molecule has 1 amide bonds. The molecule has 2 aromatic rings. The number of amides is 1. The molecule has 4 rings (SSSR count). The van der Waals surface area contributed by atoms with Gasteiger partial charge in [-0.15, -0.1) is 0 Å². The lowest BCUT2D eigenvalue weighted by molar-refractivity contribution is 0.0223. The summed E-state index contributed by atoms with van der Waals surface area (Å²) in [5.74, 6) is 0.350. The van der Waals surface area contributed by atoms with E-state index < -0.39 is 0 Å². The van der Waals surface area contributed by atoms with Gasteiger partial charge in [0.1, 0.15) is 5.56 Å². The first-order valence-corrected chi connectivity index (χ1v) is 11.4. The molecule has 6 heteroatoms. The summed E-state index contributed by atoms with van der Waals surface area (Å²) in [5, 5.41) is 0. The molecule has 1 aromatic carbocycles. The number of carbonyl (C=O) groups is 1.